The summed E-state index contributed by atoms with van der Waals surface area (Å²) in [4.78, 5) is 14.2. The second-order valence-corrected chi connectivity index (χ2v) is 10.8. The number of unbranched alkanes of at least 4 members (excludes halogenated alkanes) is 7. The molecule has 1 heterocycles. The van der Waals surface area contributed by atoms with Gasteiger partial charge >= 0.3 is 6.09 Å². The fraction of sp³-hybridized carbons (Fsp3) is 0.889. The Kier molecular flexibility index (Phi) is 12.7. The summed E-state index contributed by atoms with van der Waals surface area (Å²) in [6.45, 7) is 13.9. The van der Waals surface area contributed by atoms with Gasteiger partial charge in [-0.25, -0.2) is 4.79 Å². The molecule has 5 nitrogen and oxygen atoms in total. The minimum Gasteiger partial charge on any atom is -0.444 e. The van der Waals surface area contributed by atoms with Crippen molar-refractivity contribution in [3.8, 4) is 11.8 Å². The Morgan fingerprint density at radius 3 is 2.34 bits per heavy atom. The fourth-order valence-corrected chi connectivity index (χ4v) is 4.14. The summed E-state index contributed by atoms with van der Waals surface area (Å²) in [6.07, 6.45) is 12.4. The monoisotopic (exact) mass is 451 g/mol. The summed E-state index contributed by atoms with van der Waals surface area (Å²) in [5.74, 6) is 6.78. The van der Waals surface area contributed by atoms with E-state index in [0.717, 1.165) is 18.8 Å². The Balaban J connectivity index is 2.36. The zero-order chi connectivity index (χ0) is 24.2. The van der Waals surface area contributed by atoms with Crippen LogP contribution in [0.25, 0.3) is 0 Å². The Hall–Kier alpha value is -1.25. The van der Waals surface area contributed by atoms with Crippen molar-refractivity contribution >= 4 is 6.09 Å². The lowest BCUT2D eigenvalue weighted by molar-refractivity contribution is -0.0658. The number of amides is 1. The highest BCUT2D eigenvalue weighted by Gasteiger charge is 2.48. The molecule has 1 rings (SSSR count). The maximum atomic E-state index is 12.7. The molecule has 186 valence electrons. The summed E-state index contributed by atoms with van der Waals surface area (Å²) < 4.78 is 11.3. The van der Waals surface area contributed by atoms with E-state index in [4.69, 9.17) is 9.47 Å². The third kappa shape index (κ3) is 11.1. The number of aliphatic hydroxyl groups excluding tert-OH is 1. The first-order valence-electron chi connectivity index (χ1n) is 12.8. The second-order valence-electron chi connectivity index (χ2n) is 10.8. The zero-order valence-electron chi connectivity index (χ0n) is 21.8. The molecular formula is C27H49NO4. The van der Waals surface area contributed by atoms with Crippen LogP contribution in [0.1, 0.15) is 119 Å². The normalized spacial score (nSPS) is 19.9. The zero-order valence-corrected chi connectivity index (χ0v) is 21.8. The van der Waals surface area contributed by atoms with Gasteiger partial charge in [0.1, 0.15) is 17.4 Å². The molecule has 0 radical (unpaired) electrons. The predicted molar refractivity (Wildman–Crippen MR) is 131 cm³/mol. The third-order valence-electron chi connectivity index (χ3n) is 6.02. The molecule has 0 aromatic rings. The number of rotatable bonds is 12. The molecule has 1 amide bonds. The molecular weight excluding hydrogens is 402 g/mol. The fourth-order valence-electron chi connectivity index (χ4n) is 4.14. The minimum atomic E-state index is -0.950. The van der Waals surface area contributed by atoms with Gasteiger partial charge in [0.25, 0.3) is 0 Å². The minimum absolute atomic E-state index is 0.248. The van der Waals surface area contributed by atoms with Crippen LogP contribution in [0.5, 0.6) is 0 Å². The van der Waals surface area contributed by atoms with Gasteiger partial charge in [0.05, 0.1) is 12.6 Å². The van der Waals surface area contributed by atoms with Gasteiger partial charge in [-0.1, -0.05) is 71.1 Å². The highest BCUT2D eigenvalue weighted by molar-refractivity contribution is 5.70. The molecule has 0 aliphatic carbocycles. The molecule has 3 unspecified atom stereocenters. The highest BCUT2D eigenvalue weighted by Crippen LogP contribution is 2.30. The van der Waals surface area contributed by atoms with Crippen LogP contribution < -0.4 is 0 Å². The lowest BCUT2D eigenvalue weighted by Gasteiger charge is -2.35. The van der Waals surface area contributed by atoms with Gasteiger partial charge in [0.2, 0.25) is 0 Å². The summed E-state index contributed by atoms with van der Waals surface area (Å²) in [7, 11) is 0. The number of hydrogen-bond acceptors (Lipinski definition) is 4. The molecule has 1 aliphatic rings. The number of carbonyl (C=O) groups excluding carboxylic acids is 1. The lowest BCUT2D eigenvalue weighted by atomic mass is 9.96. The Bertz CT molecular complexity index is 599. The van der Waals surface area contributed by atoms with Crippen molar-refractivity contribution in [3.05, 3.63) is 0 Å². The Labute approximate surface area is 197 Å². The number of carbonyl (C=O) groups is 1. The van der Waals surface area contributed by atoms with Gasteiger partial charge in [0, 0.05) is 6.42 Å². The maximum Gasteiger partial charge on any atom is 0.413 e. The summed E-state index contributed by atoms with van der Waals surface area (Å²) in [6, 6.07) is -0.524. The van der Waals surface area contributed by atoms with Gasteiger partial charge < -0.3 is 14.6 Å². The topological polar surface area (TPSA) is 59.0 Å². The van der Waals surface area contributed by atoms with Crippen LogP contribution in [-0.4, -0.2) is 46.2 Å². The van der Waals surface area contributed by atoms with Gasteiger partial charge in [-0.05, 0) is 53.4 Å². The van der Waals surface area contributed by atoms with E-state index in [1.807, 2.05) is 34.6 Å². The summed E-state index contributed by atoms with van der Waals surface area (Å²) in [5, 5.41) is 10.6. The highest BCUT2D eigenvalue weighted by atomic mass is 16.6. The van der Waals surface area contributed by atoms with Crippen molar-refractivity contribution in [3.63, 3.8) is 0 Å². The van der Waals surface area contributed by atoms with Gasteiger partial charge in [-0.15, -0.1) is 5.92 Å². The molecule has 3 atom stereocenters. The Morgan fingerprint density at radius 2 is 1.72 bits per heavy atom. The summed E-state index contributed by atoms with van der Waals surface area (Å²) >= 11 is 0. The average Bonchev–Trinajstić information content (AvgIpc) is 3.00. The van der Waals surface area contributed by atoms with Crippen LogP contribution in [0, 0.1) is 17.8 Å². The standard InChI is InChI=1S/C27H49NO4/c1-8-9-10-11-12-13-15-18-22(2)19-16-14-17-20-24(29)23-21-31-27(6,7)28(23)25(30)32-26(3,4)5/h22-24,29H,8-16,18-19,21H2,1-7H3. The molecule has 0 bridgehead atoms. The smallest absolute Gasteiger partial charge is 0.413 e. The van der Waals surface area contributed by atoms with E-state index in [-0.39, 0.29) is 6.61 Å². The van der Waals surface area contributed by atoms with Crippen molar-refractivity contribution < 1.29 is 19.4 Å². The number of aliphatic hydroxyl groups is 1. The molecule has 1 saturated heterocycles. The third-order valence-corrected chi connectivity index (χ3v) is 6.02. The van der Waals surface area contributed by atoms with Crippen LogP contribution >= 0.6 is 0 Å². The van der Waals surface area contributed by atoms with E-state index >= 15 is 0 Å². The molecule has 1 N–H and O–H groups in total. The molecule has 0 aromatic carbocycles. The van der Waals surface area contributed by atoms with E-state index < -0.39 is 29.6 Å². The van der Waals surface area contributed by atoms with E-state index in [1.54, 1.807) is 0 Å². The van der Waals surface area contributed by atoms with Crippen molar-refractivity contribution in [2.24, 2.45) is 5.92 Å². The van der Waals surface area contributed by atoms with E-state index in [2.05, 4.69) is 25.7 Å². The number of ether oxygens (including phenoxy) is 2. The van der Waals surface area contributed by atoms with Crippen LogP contribution in [0.15, 0.2) is 0 Å². The van der Waals surface area contributed by atoms with Gasteiger partial charge in [-0.3, -0.25) is 4.90 Å². The van der Waals surface area contributed by atoms with E-state index in [1.165, 1.54) is 62.7 Å². The van der Waals surface area contributed by atoms with Gasteiger partial charge in [0.15, 0.2) is 0 Å². The molecule has 0 spiro atoms. The number of nitrogens with zero attached hydrogens (tertiary/aromatic N) is 1. The van der Waals surface area contributed by atoms with Crippen LogP contribution in [0.2, 0.25) is 0 Å². The maximum absolute atomic E-state index is 12.7. The van der Waals surface area contributed by atoms with Crippen LogP contribution in [0.3, 0.4) is 0 Å². The molecule has 5 heteroatoms. The molecule has 32 heavy (non-hydrogen) atoms. The Morgan fingerprint density at radius 1 is 1.12 bits per heavy atom. The van der Waals surface area contributed by atoms with Crippen molar-refractivity contribution in [1.29, 1.82) is 0 Å². The second kappa shape index (κ2) is 14.1. The lowest BCUT2D eigenvalue weighted by Crippen LogP contribution is -2.53. The van der Waals surface area contributed by atoms with Crippen molar-refractivity contribution in [1.82, 2.24) is 4.90 Å². The first kappa shape index (κ1) is 28.8. The molecule has 0 saturated carbocycles. The van der Waals surface area contributed by atoms with Crippen LogP contribution in [-0.2, 0) is 9.47 Å². The predicted octanol–water partition coefficient (Wildman–Crippen LogP) is 6.67. The average molecular weight is 452 g/mol. The summed E-state index contributed by atoms with van der Waals surface area (Å²) in [5.41, 5.74) is -1.44. The first-order chi connectivity index (χ1) is 15.0. The van der Waals surface area contributed by atoms with Gasteiger partial charge in [-0.2, -0.15) is 0 Å². The van der Waals surface area contributed by atoms with E-state index in [0.29, 0.717) is 0 Å². The quantitative estimate of drug-likeness (QED) is 0.266. The van der Waals surface area contributed by atoms with Crippen molar-refractivity contribution in [2.75, 3.05) is 6.61 Å². The molecule has 1 aliphatic heterocycles. The van der Waals surface area contributed by atoms with Crippen LogP contribution in [0.4, 0.5) is 4.79 Å². The van der Waals surface area contributed by atoms with E-state index in [9.17, 15) is 9.90 Å². The molecule has 1 fully saturated rings. The SMILES string of the molecule is CCCCCCCCCC(C)CCCC#CC(O)C1COC(C)(C)N1C(=O)OC(C)(C)C. The first-order valence-corrected chi connectivity index (χ1v) is 12.8. The largest absolute Gasteiger partial charge is 0.444 e. The van der Waals surface area contributed by atoms with Crippen molar-refractivity contribution in [2.45, 2.75) is 143 Å². The number of hydrogen-bond donors (Lipinski definition) is 1. The molecule has 0 aromatic heterocycles.